The van der Waals surface area contributed by atoms with Gasteiger partial charge in [-0.3, -0.25) is 0 Å². The largest absolute Gasteiger partial charge is 0.0561 e. The van der Waals surface area contributed by atoms with Gasteiger partial charge in [0.1, 0.15) is 0 Å². The zero-order chi connectivity index (χ0) is 34.1. The minimum absolute atomic E-state index is 0.0323. The average molecular weight is 595 g/mol. The van der Waals surface area contributed by atoms with Crippen LogP contribution in [0.25, 0.3) is 0 Å². The van der Waals surface area contributed by atoms with Crippen molar-refractivity contribution < 1.29 is 0 Å². The molecule has 3 aromatic rings. The first-order valence-electron chi connectivity index (χ1n) is 16.9. The molecule has 0 nitrogen and oxygen atoms in total. The maximum absolute atomic E-state index is 2.52. The fourth-order valence-corrected chi connectivity index (χ4v) is 5.85. The first kappa shape index (κ1) is 36.1. The van der Waals surface area contributed by atoms with E-state index in [4.69, 9.17) is 0 Å². The van der Waals surface area contributed by atoms with E-state index in [9.17, 15) is 0 Å². The molecule has 3 rings (SSSR count). The summed E-state index contributed by atoms with van der Waals surface area (Å²) in [4.78, 5) is 0. The van der Waals surface area contributed by atoms with Crippen LogP contribution in [0, 0.1) is 0 Å². The van der Waals surface area contributed by atoms with Crippen LogP contribution in [-0.4, -0.2) is 0 Å². The molecule has 0 aromatic heterocycles. The van der Waals surface area contributed by atoms with Gasteiger partial charge >= 0.3 is 0 Å². The van der Waals surface area contributed by atoms with Gasteiger partial charge in [-0.15, -0.1) is 0 Å². The predicted molar refractivity (Wildman–Crippen MR) is 197 cm³/mol. The number of hydrogen-bond acceptors (Lipinski definition) is 0. The molecule has 0 N–H and O–H groups in total. The lowest BCUT2D eigenvalue weighted by atomic mass is 9.65. The molecule has 0 saturated heterocycles. The van der Waals surface area contributed by atoms with E-state index in [0.717, 1.165) is 0 Å². The molecule has 3 aromatic carbocycles. The van der Waals surface area contributed by atoms with Crippen LogP contribution in [0.1, 0.15) is 182 Å². The van der Waals surface area contributed by atoms with Crippen molar-refractivity contribution in [3.05, 3.63) is 105 Å². The minimum Gasteiger partial charge on any atom is -0.0561 e. The smallest absolute Gasteiger partial charge is 0.0423 e. The van der Waals surface area contributed by atoms with Gasteiger partial charge in [0.15, 0.2) is 0 Å². The number of hydrogen-bond donors (Lipinski definition) is 0. The Morgan fingerprint density at radius 1 is 0.205 bits per heavy atom. The van der Waals surface area contributed by atoms with Crippen LogP contribution in [0.15, 0.2) is 54.6 Å². The van der Waals surface area contributed by atoms with Gasteiger partial charge in [0.25, 0.3) is 0 Å². The molecule has 0 aliphatic carbocycles. The van der Waals surface area contributed by atoms with Gasteiger partial charge in [-0.2, -0.15) is 0 Å². The van der Waals surface area contributed by atoms with E-state index in [-0.39, 0.29) is 37.9 Å². The third-order valence-electron chi connectivity index (χ3n) is 9.73. The molecule has 0 fully saturated rings. The van der Waals surface area contributed by atoms with Gasteiger partial charge in [0.2, 0.25) is 0 Å². The van der Waals surface area contributed by atoms with Crippen molar-refractivity contribution in [1.82, 2.24) is 0 Å². The van der Waals surface area contributed by atoms with Crippen LogP contribution in [-0.2, 0) is 37.9 Å². The van der Waals surface area contributed by atoms with E-state index in [1.807, 2.05) is 0 Å². The van der Waals surface area contributed by atoms with Gasteiger partial charge in [0, 0.05) is 5.41 Å². The first-order chi connectivity index (χ1) is 19.4. The summed E-state index contributed by atoms with van der Waals surface area (Å²) in [7, 11) is 0. The second-order valence-corrected chi connectivity index (χ2v) is 20.0. The van der Waals surface area contributed by atoms with E-state index in [1.54, 1.807) is 0 Å². The second-order valence-electron chi connectivity index (χ2n) is 20.0. The van der Waals surface area contributed by atoms with Crippen molar-refractivity contribution in [2.24, 2.45) is 0 Å². The van der Waals surface area contributed by atoms with Crippen molar-refractivity contribution in [2.45, 2.75) is 169 Å². The van der Waals surface area contributed by atoms with Gasteiger partial charge in [-0.25, -0.2) is 0 Å². The van der Waals surface area contributed by atoms with Crippen LogP contribution in [0.2, 0.25) is 0 Å². The summed E-state index contributed by atoms with van der Waals surface area (Å²) >= 11 is 0. The highest BCUT2D eigenvalue weighted by atomic mass is 14.4. The monoisotopic (exact) mass is 595 g/mol. The molecule has 242 valence electrons. The highest BCUT2D eigenvalue weighted by Crippen LogP contribution is 2.46. The van der Waals surface area contributed by atoms with Crippen LogP contribution in [0.4, 0.5) is 0 Å². The molecular formula is C44H66. The zero-order valence-corrected chi connectivity index (χ0v) is 32.2. The highest BCUT2D eigenvalue weighted by Gasteiger charge is 2.37. The van der Waals surface area contributed by atoms with E-state index in [1.165, 1.54) is 50.1 Å². The summed E-state index contributed by atoms with van der Waals surface area (Å²) in [5.41, 5.74) is 12.4. The lowest BCUT2D eigenvalue weighted by Crippen LogP contribution is -2.31. The molecule has 0 bridgehead atoms. The Morgan fingerprint density at radius 3 is 0.432 bits per heavy atom. The quantitative estimate of drug-likeness (QED) is 0.265. The third-order valence-corrected chi connectivity index (χ3v) is 9.73. The molecular weight excluding hydrogens is 528 g/mol. The SMILES string of the molecule is CC(C)(C)c1cc(C(C)(C)C)cc(C(C)(c2cc(C(C)(C)C)cc(C(C)(C)C)c2)c2cc(C(C)(C)C)cc(C(C)(C)C)c2)c1. The summed E-state index contributed by atoms with van der Waals surface area (Å²) in [5.74, 6) is 0. The molecule has 0 atom stereocenters. The lowest BCUT2D eigenvalue weighted by molar-refractivity contribution is 0.550. The standard InChI is InChI=1S/C44H66/c1-38(2,3)29-20-30(39(4,5)6)24-35(23-29)44(19,36-25-31(40(7,8)9)21-32(26-36)41(10,11)12)37-27-33(42(13,14)15)22-34(28-37)43(16,17)18/h20-28H,1-19H3. The Balaban J connectivity index is 2.68. The van der Waals surface area contributed by atoms with Crippen LogP contribution in [0.3, 0.4) is 0 Å². The Labute approximate surface area is 273 Å². The van der Waals surface area contributed by atoms with Gasteiger partial charge < -0.3 is 0 Å². The van der Waals surface area contributed by atoms with Crippen LogP contribution in [0.5, 0.6) is 0 Å². The second kappa shape index (κ2) is 11.2. The summed E-state index contributed by atoms with van der Waals surface area (Å²) in [6.45, 7) is 44.9. The van der Waals surface area contributed by atoms with Crippen molar-refractivity contribution in [3.63, 3.8) is 0 Å². The molecule has 0 saturated carbocycles. The molecule has 0 aliphatic rings. The summed E-state index contributed by atoms with van der Waals surface area (Å²) in [6.07, 6.45) is 0. The maximum Gasteiger partial charge on any atom is 0.0423 e. The fraction of sp³-hybridized carbons (Fsp3) is 0.591. The normalized spacial score (nSPS) is 14.2. The third kappa shape index (κ3) is 7.71. The van der Waals surface area contributed by atoms with Crippen LogP contribution < -0.4 is 0 Å². The number of benzene rings is 3. The summed E-state index contributed by atoms with van der Waals surface area (Å²) in [6, 6.07) is 22.5. The maximum atomic E-state index is 2.52. The summed E-state index contributed by atoms with van der Waals surface area (Å²) < 4.78 is 0. The fourth-order valence-electron chi connectivity index (χ4n) is 5.85. The predicted octanol–water partition coefficient (Wildman–Crippen LogP) is 12.8. The van der Waals surface area contributed by atoms with Gasteiger partial charge in [0.05, 0.1) is 0 Å². The first-order valence-corrected chi connectivity index (χ1v) is 16.9. The Morgan fingerprint density at radius 2 is 0.318 bits per heavy atom. The van der Waals surface area contributed by atoms with Crippen molar-refractivity contribution in [3.8, 4) is 0 Å². The Bertz CT molecular complexity index is 1200. The van der Waals surface area contributed by atoms with Crippen molar-refractivity contribution in [1.29, 1.82) is 0 Å². The molecule has 0 heteroatoms. The Kier molecular flexibility index (Phi) is 9.17. The molecule has 0 heterocycles. The van der Waals surface area contributed by atoms with Gasteiger partial charge in [-0.05, 0) is 89.5 Å². The molecule has 0 amide bonds. The zero-order valence-electron chi connectivity index (χ0n) is 32.2. The molecule has 0 aliphatic heterocycles. The van der Waals surface area contributed by atoms with E-state index in [0.29, 0.717) is 0 Å². The van der Waals surface area contributed by atoms with Crippen molar-refractivity contribution in [2.75, 3.05) is 0 Å². The number of rotatable bonds is 3. The molecule has 0 radical (unpaired) electrons. The lowest BCUT2D eigenvalue weighted by Gasteiger charge is -2.39. The van der Waals surface area contributed by atoms with Crippen molar-refractivity contribution >= 4 is 0 Å². The minimum atomic E-state index is -0.371. The van der Waals surface area contributed by atoms with E-state index < -0.39 is 0 Å². The van der Waals surface area contributed by atoms with Gasteiger partial charge in [-0.1, -0.05) is 179 Å². The van der Waals surface area contributed by atoms with E-state index in [2.05, 4.69) is 186 Å². The molecule has 0 spiro atoms. The van der Waals surface area contributed by atoms with Crippen LogP contribution >= 0.6 is 0 Å². The molecule has 44 heavy (non-hydrogen) atoms. The summed E-state index contributed by atoms with van der Waals surface area (Å²) in [5, 5.41) is 0. The highest BCUT2D eigenvalue weighted by molar-refractivity contribution is 5.57. The average Bonchev–Trinajstić information content (AvgIpc) is 2.84. The molecule has 0 unspecified atom stereocenters. The topological polar surface area (TPSA) is 0 Å². The Hall–Kier alpha value is -2.34. The van der Waals surface area contributed by atoms with E-state index >= 15 is 0 Å².